The average molecular weight is 1550 g/mol. The van der Waals surface area contributed by atoms with Crippen molar-refractivity contribution in [3.63, 3.8) is 0 Å². The molecule has 0 aliphatic carbocycles. The van der Waals surface area contributed by atoms with Gasteiger partial charge in [0.05, 0.1) is 5.75 Å². The van der Waals surface area contributed by atoms with E-state index in [1.165, 1.54) is 93.1 Å². The molecule has 9 aromatic carbocycles. The van der Waals surface area contributed by atoms with Crippen LogP contribution in [0.15, 0.2) is 221 Å². The number of alkyl halides is 12. The Morgan fingerprint density at radius 3 is 1.25 bits per heavy atom. The van der Waals surface area contributed by atoms with E-state index in [0.717, 1.165) is 48.4 Å². The van der Waals surface area contributed by atoms with E-state index in [9.17, 15) is 88.7 Å². The third-order valence-corrected chi connectivity index (χ3v) is 18.0. The molecule has 0 unspecified atom stereocenters. The molecule has 14 nitrogen and oxygen atoms in total. The second-order valence-corrected chi connectivity index (χ2v) is 27.5. The van der Waals surface area contributed by atoms with Crippen LogP contribution in [0.5, 0.6) is 23.0 Å². The molecule has 0 N–H and O–H groups in total. The maximum absolute atomic E-state index is 13.7. The molecule has 538 valence electrons. The zero-order valence-corrected chi connectivity index (χ0v) is 57.7. The van der Waals surface area contributed by atoms with Crippen LogP contribution < -0.4 is 28.7 Å². The van der Waals surface area contributed by atoms with Crippen LogP contribution in [0, 0.1) is 0 Å². The third-order valence-electron chi connectivity index (χ3n) is 14.5. The van der Waals surface area contributed by atoms with Crippen molar-refractivity contribution in [2.45, 2.75) is 88.0 Å². The Kier molecular flexibility index (Phi) is 26.4. The quantitative estimate of drug-likeness (QED) is 0.0451. The molecule has 10 rings (SSSR count). The van der Waals surface area contributed by atoms with Crippen molar-refractivity contribution in [2.75, 3.05) is 22.9 Å². The normalized spacial score (nSPS) is 12.7. The first-order valence-electron chi connectivity index (χ1n) is 30.1. The summed E-state index contributed by atoms with van der Waals surface area (Å²) in [5, 5.41) is 0. The van der Waals surface area contributed by atoms with E-state index in [1.807, 2.05) is 24.3 Å². The smallest absolute Gasteiger partial charge is 0.406 e. The van der Waals surface area contributed by atoms with Crippen LogP contribution in [0.25, 0.3) is 33.4 Å². The van der Waals surface area contributed by atoms with Gasteiger partial charge >= 0.3 is 31.5 Å². The predicted molar refractivity (Wildman–Crippen MR) is 362 cm³/mol. The van der Waals surface area contributed by atoms with E-state index in [2.05, 4.69) is 41.8 Å². The molecule has 2 amide bonds. The van der Waals surface area contributed by atoms with Gasteiger partial charge in [0.2, 0.25) is 0 Å². The van der Waals surface area contributed by atoms with Crippen molar-refractivity contribution in [2.24, 2.45) is 0 Å². The molecule has 1 aliphatic heterocycles. The Morgan fingerprint density at radius 1 is 0.441 bits per heavy atom. The minimum absolute atomic E-state index is 0.0659. The maximum Gasteiger partial charge on any atom is 0.573 e. The molecule has 0 radical (unpaired) electrons. The number of urea groups is 1. The zero-order chi connectivity index (χ0) is 75.1. The van der Waals surface area contributed by atoms with Crippen LogP contribution in [0.1, 0.15) is 82.7 Å². The predicted octanol–water partition coefficient (Wildman–Crippen LogP) is 20.4. The van der Waals surface area contributed by atoms with Gasteiger partial charge in [0.1, 0.15) is 32.8 Å². The molecule has 0 aromatic heterocycles. The molecular formula is C72H58BrClF12N2O12S2. The second-order valence-electron chi connectivity index (χ2n) is 22.1. The number of hydrogen-bond donors (Lipinski definition) is 0. The van der Waals surface area contributed by atoms with E-state index in [0.29, 0.717) is 68.6 Å². The molecule has 1 saturated heterocycles. The number of sulfone groups is 1. The molecule has 1 fully saturated rings. The van der Waals surface area contributed by atoms with Crippen LogP contribution in [-0.2, 0) is 31.1 Å². The average Bonchev–Trinajstić information content (AvgIpc) is 0.793. The van der Waals surface area contributed by atoms with Crippen molar-refractivity contribution in [3.05, 3.63) is 239 Å². The van der Waals surface area contributed by atoms with E-state index in [-0.39, 0.29) is 46.0 Å². The number of ketones is 3. The zero-order valence-electron chi connectivity index (χ0n) is 53.8. The highest BCUT2D eigenvalue weighted by Gasteiger charge is 2.37. The number of rotatable bonds is 18. The van der Waals surface area contributed by atoms with Crippen LogP contribution in [-0.4, -0.2) is 78.8 Å². The Morgan fingerprint density at radius 2 is 0.824 bits per heavy atom. The van der Waals surface area contributed by atoms with Gasteiger partial charge in [-0.05, 0) is 181 Å². The van der Waals surface area contributed by atoms with Crippen molar-refractivity contribution in [3.8, 4) is 56.4 Å². The molecule has 0 spiro atoms. The summed E-state index contributed by atoms with van der Waals surface area (Å²) < 4.78 is 215. The highest BCUT2D eigenvalue weighted by atomic mass is 79.9. The number of halogens is 14. The fourth-order valence-electron chi connectivity index (χ4n) is 9.91. The molecule has 102 heavy (non-hydrogen) atoms. The SMILES string of the molecule is CC(=O)c1cccc(-c2ccc(OC(F)(F)F)c(S(=O)(=O)Cl)c2)c1.CC(=O)c1cccc(-c2ccc(OC(F)(F)F)cc2)c1.CCCc1ccc(N2CCCN(c3cccc(CS(=O)(=O)c4cc(-c5cccc(C(C)=O)c5)ccc4OC(F)(F)F)c3)C2=O)cc1.FC(F)(F)Oc1ccc(Br)cc1. The Hall–Kier alpha value is -9.71. The summed E-state index contributed by atoms with van der Waals surface area (Å²) in [6.07, 6.45) is -16.9. The van der Waals surface area contributed by atoms with E-state index < -0.39 is 71.4 Å². The molecule has 1 aliphatic rings. The summed E-state index contributed by atoms with van der Waals surface area (Å²) in [5.74, 6) is -3.41. The summed E-state index contributed by atoms with van der Waals surface area (Å²) in [6, 6.07) is 50.9. The molecule has 0 bridgehead atoms. The molecule has 0 atom stereocenters. The number of nitrogens with zero attached hydrogens (tertiary/aromatic N) is 2. The van der Waals surface area contributed by atoms with Gasteiger partial charge in [-0.15, -0.1) is 52.7 Å². The van der Waals surface area contributed by atoms with Gasteiger partial charge in [0, 0.05) is 56.3 Å². The first-order valence-corrected chi connectivity index (χ1v) is 34.8. The standard InChI is InChI=1S/C35H33F3N2O5S.C15H10ClF3O4S.C15H11F3O2.C7H4BrF3O/c1-3-7-25-12-15-30(16-13-25)39-18-6-19-40(34(39)42)31-11-4-8-26(20-31)23-46(43,44)33-22-29(14-17-32(33)45-35(36,37)38)28-10-5-9-27(21-28)24(2)41;1-9(20)10-3-2-4-11(7-10)12-5-6-13(23-15(17,18)19)14(8-12)24(16,21)22;1-10(19)12-3-2-4-13(9-12)11-5-7-14(8-6-11)20-15(16,17)18;8-5-1-3-6(4-2-5)12-7(9,10)11/h4-5,8-17,20-22H,3,6-7,18-19,23H2,1-2H3;2-8H,1H3;2-9H,1H3;1-4H. The van der Waals surface area contributed by atoms with Crippen molar-refractivity contribution in [1.29, 1.82) is 0 Å². The number of benzene rings is 9. The van der Waals surface area contributed by atoms with Gasteiger partial charge in [-0.1, -0.05) is 132 Å². The summed E-state index contributed by atoms with van der Waals surface area (Å²) in [5.41, 5.74) is 6.95. The monoisotopic (exact) mass is 1550 g/mol. The fraction of sp³-hybridized carbons (Fsp3) is 0.194. The minimum atomic E-state index is -5.13. The van der Waals surface area contributed by atoms with Crippen LogP contribution in [0.4, 0.5) is 68.9 Å². The molecule has 0 saturated carbocycles. The highest BCUT2D eigenvalue weighted by molar-refractivity contribution is 9.10. The topological polar surface area (TPSA) is 180 Å². The fourth-order valence-corrected chi connectivity index (χ4v) is 12.7. The first kappa shape index (κ1) is 79.6. The maximum atomic E-state index is 13.7. The molecule has 1 heterocycles. The van der Waals surface area contributed by atoms with E-state index in [4.69, 9.17) is 10.7 Å². The minimum Gasteiger partial charge on any atom is -0.406 e. The summed E-state index contributed by atoms with van der Waals surface area (Å²) in [7, 11) is -3.68. The summed E-state index contributed by atoms with van der Waals surface area (Å²) in [4.78, 5) is 49.9. The molecular weight excluding hydrogens is 1490 g/mol. The number of aryl methyl sites for hydroxylation is 1. The lowest BCUT2D eigenvalue weighted by molar-refractivity contribution is -0.276. The van der Waals surface area contributed by atoms with Crippen molar-refractivity contribution in [1.82, 2.24) is 0 Å². The number of Topliss-reactive ketones (excluding diaryl/α,β-unsaturated/α-hetero) is 3. The van der Waals surface area contributed by atoms with Gasteiger partial charge in [-0.2, -0.15) is 0 Å². The van der Waals surface area contributed by atoms with Gasteiger partial charge in [-0.3, -0.25) is 24.2 Å². The van der Waals surface area contributed by atoms with Crippen LogP contribution >= 0.6 is 26.6 Å². The summed E-state index contributed by atoms with van der Waals surface area (Å²) >= 11 is 3.09. The van der Waals surface area contributed by atoms with Crippen molar-refractivity contribution < 1.29 is 108 Å². The van der Waals surface area contributed by atoms with E-state index >= 15 is 0 Å². The summed E-state index contributed by atoms with van der Waals surface area (Å²) in [6.45, 7) is 7.24. The number of ether oxygens (including phenoxy) is 4. The first-order chi connectivity index (χ1) is 47.6. The number of carbonyl (C=O) groups is 4. The lowest BCUT2D eigenvalue weighted by Crippen LogP contribution is -2.49. The van der Waals surface area contributed by atoms with E-state index in [1.54, 1.807) is 101 Å². The van der Waals surface area contributed by atoms with Crippen molar-refractivity contribution >= 4 is 80.3 Å². The largest absolute Gasteiger partial charge is 0.573 e. The Balaban J connectivity index is 0.000000216. The van der Waals surface area contributed by atoms with Gasteiger partial charge in [-0.25, -0.2) is 21.6 Å². The van der Waals surface area contributed by atoms with Gasteiger partial charge in [0.15, 0.2) is 27.2 Å². The number of amides is 2. The molecule has 30 heteroatoms. The Bertz CT molecular complexity index is 4700. The van der Waals surface area contributed by atoms with Gasteiger partial charge in [0.25, 0.3) is 9.05 Å². The number of hydrogen-bond acceptors (Lipinski definition) is 12. The van der Waals surface area contributed by atoms with Gasteiger partial charge < -0.3 is 18.9 Å². The number of anilines is 2. The van der Waals surface area contributed by atoms with Crippen LogP contribution in [0.3, 0.4) is 0 Å². The second kappa shape index (κ2) is 33.8. The molecule has 9 aromatic rings. The Labute approximate surface area is 590 Å². The van der Waals surface area contributed by atoms with Crippen LogP contribution in [0.2, 0.25) is 0 Å². The lowest BCUT2D eigenvalue weighted by Gasteiger charge is -2.36. The highest BCUT2D eigenvalue weighted by Crippen LogP contribution is 2.39. The number of carbonyl (C=O) groups excluding carboxylic acids is 4. The lowest BCUT2D eigenvalue weighted by atomic mass is 10.0. The third kappa shape index (κ3) is 24.3.